The maximum atomic E-state index is 13.3. The number of benzene rings is 1. The molecule has 1 aromatic carbocycles. The minimum Gasteiger partial charge on any atom is -0.335 e. The lowest BCUT2D eigenvalue weighted by Gasteiger charge is -2.07. The fraction of sp³-hybridized carbons (Fsp3) is 0.300. The van der Waals surface area contributed by atoms with Crippen LogP contribution < -0.4 is 10.6 Å². The zero-order chi connectivity index (χ0) is 12.4. The molecule has 6 nitrogen and oxygen atoms in total. The van der Waals surface area contributed by atoms with Crippen LogP contribution in [0.3, 0.4) is 0 Å². The van der Waals surface area contributed by atoms with Gasteiger partial charge in [-0.1, -0.05) is 0 Å². The second kappa shape index (κ2) is 4.36. The summed E-state index contributed by atoms with van der Waals surface area (Å²) in [5, 5.41) is 15.3. The number of carbonyl (C=O) groups excluding carboxylic acids is 1. The summed E-state index contributed by atoms with van der Waals surface area (Å²) in [6, 6.07) is 2.56. The lowest BCUT2D eigenvalue weighted by atomic mass is 10.2. The number of amides is 2. The number of nitro groups is 1. The van der Waals surface area contributed by atoms with Crippen molar-refractivity contribution in [3.05, 3.63) is 34.1 Å². The van der Waals surface area contributed by atoms with Crippen LogP contribution in [-0.2, 0) is 0 Å². The van der Waals surface area contributed by atoms with Crippen LogP contribution in [0, 0.1) is 15.9 Å². The first-order valence-corrected chi connectivity index (χ1v) is 5.08. The standard InChI is InChI=1S/C10H10FN3O3/c11-8-4-3-7(14(16)17)5-9(8)13-10(15)12-6-1-2-6/h3-6H,1-2H2,(H2,12,13,15). The number of nitro benzene ring substituents is 1. The molecule has 2 rings (SSSR count). The Balaban J connectivity index is 2.09. The van der Waals surface area contributed by atoms with Crippen molar-refractivity contribution in [3.63, 3.8) is 0 Å². The maximum absolute atomic E-state index is 13.3. The van der Waals surface area contributed by atoms with E-state index in [9.17, 15) is 19.3 Å². The summed E-state index contributed by atoms with van der Waals surface area (Å²) >= 11 is 0. The van der Waals surface area contributed by atoms with Crippen molar-refractivity contribution in [2.45, 2.75) is 18.9 Å². The van der Waals surface area contributed by atoms with Gasteiger partial charge in [0.15, 0.2) is 0 Å². The van der Waals surface area contributed by atoms with Gasteiger partial charge in [-0.3, -0.25) is 10.1 Å². The Morgan fingerprint density at radius 1 is 1.47 bits per heavy atom. The van der Waals surface area contributed by atoms with Crippen LogP contribution in [-0.4, -0.2) is 17.0 Å². The second-order valence-corrected chi connectivity index (χ2v) is 3.79. The molecule has 1 saturated carbocycles. The molecule has 17 heavy (non-hydrogen) atoms. The van der Waals surface area contributed by atoms with E-state index in [4.69, 9.17) is 0 Å². The minimum absolute atomic E-state index is 0.136. The van der Waals surface area contributed by atoms with Crippen LogP contribution in [0.25, 0.3) is 0 Å². The number of halogens is 1. The highest BCUT2D eigenvalue weighted by Crippen LogP contribution is 2.22. The number of non-ortho nitro benzene ring substituents is 1. The zero-order valence-corrected chi connectivity index (χ0v) is 8.77. The van der Waals surface area contributed by atoms with Crippen LogP contribution in [0.1, 0.15) is 12.8 Å². The van der Waals surface area contributed by atoms with Gasteiger partial charge in [-0.05, 0) is 18.9 Å². The second-order valence-electron chi connectivity index (χ2n) is 3.79. The molecular weight excluding hydrogens is 229 g/mol. The third-order valence-electron chi connectivity index (χ3n) is 2.32. The van der Waals surface area contributed by atoms with Crippen molar-refractivity contribution in [1.29, 1.82) is 0 Å². The van der Waals surface area contributed by atoms with E-state index in [1.54, 1.807) is 0 Å². The van der Waals surface area contributed by atoms with Crippen molar-refractivity contribution >= 4 is 17.4 Å². The summed E-state index contributed by atoms with van der Waals surface area (Å²) in [6.07, 6.45) is 1.82. The van der Waals surface area contributed by atoms with Crippen molar-refractivity contribution in [2.24, 2.45) is 0 Å². The van der Waals surface area contributed by atoms with Gasteiger partial charge in [0.25, 0.3) is 5.69 Å². The molecule has 1 aliphatic rings. The molecule has 2 amide bonds. The largest absolute Gasteiger partial charge is 0.335 e. The van der Waals surface area contributed by atoms with Crippen molar-refractivity contribution in [2.75, 3.05) is 5.32 Å². The average Bonchev–Trinajstić information content (AvgIpc) is 3.04. The molecule has 0 aliphatic heterocycles. The van der Waals surface area contributed by atoms with Crippen molar-refractivity contribution < 1.29 is 14.1 Å². The van der Waals surface area contributed by atoms with E-state index in [2.05, 4.69) is 10.6 Å². The monoisotopic (exact) mass is 239 g/mol. The number of nitrogens with one attached hydrogen (secondary N) is 2. The number of rotatable bonds is 3. The molecule has 0 bridgehead atoms. The molecule has 1 aliphatic carbocycles. The summed E-state index contributed by atoms with van der Waals surface area (Å²) in [4.78, 5) is 21.2. The van der Waals surface area contributed by atoms with Gasteiger partial charge < -0.3 is 10.6 Å². The lowest BCUT2D eigenvalue weighted by Crippen LogP contribution is -2.30. The van der Waals surface area contributed by atoms with Crippen LogP contribution in [0.2, 0.25) is 0 Å². The highest BCUT2D eigenvalue weighted by atomic mass is 19.1. The summed E-state index contributed by atoms with van der Waals surface area (Å²) in [5.41, 5.74) is -0.467. The number of hydrogen-bond acceptors (Lipinski definition) is 3. The summed E-state index contributed by atoms with van der Waals surface area (Å²) < 4.78 is 13.3. The van der Waals surface area contributed by atoms with E-state index in [0.717, 1.165) is 31.0 Å². The number of carbonyl (C=O) groups is 1. The maximum Gasteiger partial charge on any atom is 0.319 e. The molecule has 0 unspecified atom stereocenters. The molecule has 7 heteroatoms. The van der Waals surface area contributed by atoms with Crippen molar-refractivity contribution in [3.8, 4) is 0 Å². The quantitative estimate of drug-likeness (QED) is 0.625. The lowest BCUT2D eigenvalue weighted by molar-refractivity contribution is -0.384. The highest BCUT2D eigenvalue weighted by Gasteiger charge is 2.23. The Hall–Kier alpha value is -2.18. The topological polar surface area (TPSA) is 84.3 Å². The number of nitrogens with zero attached hydrogens (tertiary/aromatic N) is 1. The van der Waals surface area contributed by atoms with E-state index in [1.807, 2.05) is 0 Å². The third-order valence-corrected chi connectivity index (χ3v) is 2.32. The normalized spacial score (nSPS) is 14.2. The van der Waals surface area contributed by atoms with Crippen LogP contribution in [0.5, 0.6) is 0 Å². The number of hydrogen-bond donors (Lipinski definition) is 2. The Bertz CT molecular complexity index is 474. The van der Waals surface area contributed by atoms with E-state index in [-0.39, 0.29) is 17.4 Å². The average molecular weight is 239 g/mol. The van der Waals surface area contributed by atoms with Crippen LogP contribution in [0.4, 0.5) is 20.6 Å². The third kappa shape index (κ3) is 2.90. The molecule has 0 radical (unpaired) electrons. The molecule has 0 atom stereocenters. The van der Waals surface area contributed by atoms with Crippen LogP contribution >= 0.6 is 0 Å². The number of urea groups is 1. The van der Waals surface area contributed by atoms with Crippen molar-refractivity contribution in [1.82, 2.24) is 5.32 Å². The fourth-order valence-electron chi connectivity index (χ4n) is 1.29. The minimum atomic E-state index is -0.707. The summed E-state index contributed by atoms with van der Waals surface area (Å²) in [6.45, 7) is 0. The van der Waals surface area contributed by atoms with Crippen LogP contribution in [0.15, 0.2) is 18.2 Å². The van der Waals surface area contributed by atoms with Gasteiger partial charge in [-0.2, -0.15) is 0 Å². The molecule has 0 aromatic heterocycles. The van der Waals surface area contributed by atoms with Gasteiger partial charge in [0, 0.05) is 18.2 Å². The Morgan fingerprint density at radius 2 is 2.18 bits per heavy atom. The van der Waals surface area contributed by atoms with E-state index < -0.39 is 16.8 Å². The zero-order valence-electron chi connectivity index (χ0n) is 8.77. The molecule has 0 saturated heterocycles. The van der Waals surface area contributed by atoms with Gasteiger partial charge in [-0.15, -0.1) is 0 Å². The predicted molar refractivity (Wildman–Crippen MR) is 58.2 cm³/mol. The molecular formula is C10H10FN3O3. The van der Waals surface area contributed by atoms with Gasteiger partial charge in [-0.25, -0.2) is 9.18 Å². The SMILES string of the molecule is O=C(Nc1cc([N+](=O)[O-])ccc1F)NC1CC1. The van der Waals surface area contributed by atoms with E-state index in [1.165, 1.54) is 0 Å². The Morgan fingerprint density at radius 3 is 2.76 bits per heavy atom. The van der Waals surface area contributed by atoms with E-state index >= 15 is 0 Å². The molecule has 1 aromatic rings. The highest BCUT2D eigenvalue weighted by molar-refractivity contribution is 5.90. The first-order valence-electron chi connectivity index (χ1n) is 5.08. The first kappa shape index (κ1) is 11.3. The van der Waals surface area contributed by atoms with Gasteiger partial charge in [0.05, 0.1) is 10.6 Å². The summed E-state index contributed by atoms with van der Waals surface area (Å²) in [5.74, 6) is -0.707. The van der Waals surface area contributed by atoms with Gasteiger partial charge >= 0.3 is 6.03 Å². The Labute approximate surface area is 96.0 Å². The van der Waals surface area contributed by atoms with Gasteiger partial charge in [0.1, 0.15) is 5.82 Å². The predicted octanol–water partition coefficient (Wildman–Crippen LogP) is 2.02. The Kier molecular flexibility index (Phi) is 2.90. The van der Waals surface area contributed by atoms with E-state index in [0.29, 0.717) is 0 Å². The molecule has 1 fully saturated rings. The fourth-order valence-corrected chi connectivity index (χ4v) is 1.29. The molecule has 0 spiro atoms. The summed E-state index contributed by atoms with van der Waals surface area (Å²) in [7, 11) is 0. The smallest absolute Gasteiger partial charge is 0.319 e. The number of anilines is 1. The first-order chi connectivity index (χ1) is 8.06. The molecule has 2 N–H and O–H groups in total. The molecule has 90 valence electrons. The van der Waals surface area contributed by atoms with Gasteiger partial charge in [0.2, 0.25) is 0 Å². The molecule has 0 heterocycles.